The highest BCUT2D eigenvalue weighted by Crippen LogP contribution is 2.23. The van der Waals surface area contributed by atoms with Gasteiger partial charge in [-0.05, 0) is 68.2 Å². The molecule has 4 heteroatoms. The second-order valence-corrected chi connectivity index (χ2v) is 8.15. The van der Waals surface area contributed by atoms with Gasteiger partial charge < -0.3 is 4.57 Å². The average molecular weight is 376 g/mol. The smallest absolute Gasteiger partial charge is 0.265 e. The van der Waals surface area contributed by atoms with Crippen LogP contribution in [0.4, 0.5) is 0 Å². The Labute approximate surface area is 167 Å². The van der Waals surface area contributed by atoms with Crippen molar-refractivity contribution in [2.75, 3.05) is 13.1 Å². The number of fused-ring (bicyclic) bond motifs is 1. The third-order valence-corrected chi connectivity index (χ3v) is 5.78. The van der Waals surface area contributed by atoms with Crippen molar-refractivity contribution in [1.82, 2.24) is 15.0 Å². The molecule has 0 unspecified atom stereocenters. The summed E-state index contributed by atoms with van der Waals surface area (Å²) in [5, 5.41) is 3.25. The van der Waals surface area contributed by atoms with E-state index in [2.05, 4.69) is 71.4 Å². The van der Waals surface area contributed by atoms with Crippen molar-refractivity contribution in [2.45, 2.75) is 39.2 Å². The van der Waals surface area contributed by atoms with Gasteiger partial charge in [0, 0.05) is 36.4 Å². The first-order valence-electron chi connectivity index (χ1n) is 10.3. The molecule has 2 aromatic carbocycles. The molecule has 1 aliphatic rings. The van der Waals surface area contributed by atoms with E-state index in [9.17, 15) is 4.79 Å². The van der Waals surface area contributed by atoms with Gasteiger partial charge >= 0.3 is 0 Å². The molecule has 1 saturated heterocycles. The number of nitrogens with zero attached hydrogens (tertiary/aromatic N) is 2. The number of hydrogen-bond donors (Lipinski definition) is 1. The zero-order chi connectivity index (χ0) is 19.5. The van der Waals surface area contributed by atoms with Crippen LogP contribution in [0.15, 0.2) is 60.8 Å². The lowest BCUT2D eigenvalue weighted by molar-refractivity contribution is 0.0702. The molecule has 1 aromatic heterocycles. The van der Waals surface area contributed by atoms with Crippen LogP contribution >= 0.6 is 0 Å². The standard InChI is InChI=1S/C24H29N3O/c1-18(2)27-15-12-21-8-9-22(17-23(21)27)24(28)25-26-13-10-20(11-14-26)16-19-6-4-3-5-7-19/h3-9,12,15,17-18,20H,10-11,13-14,16H2,1-2H3,(H,25,28). The second kappa shape index (κ2) is 8.19. The van der Waals surface area contributed by atoms with Crippen LogP contribution in [0.2, 0.25) is 0 Å². The Hall–Kier alpha value is -2.59. The minimum atomic E-state index is -0.0140. The third kappa shape index (κ3) is 4.12. The van der Waals surface area contributed by atoms with E-state index in [-0.39, 0.29) is 5.91 Å². The highest BCUT2D eigenvalue weighted by atomic mass is 16.2. The predicted molar refractivity (Wildman–Crippen MR) is 114 cm³/mol. The highest BCUT2D eigenvalue weighted by molar-refractivity contribution is 5.97. The van der Waals surface area contributed by atoms with Gasteiger partial charge in [0.2, 0.25) is 0 Å². The molecule has 0 bridgehead atoms. The SMILES string of the molecule is CC(C)n1ccc2ccc(C(=O)NN3CCC(Cc4ccccc4)CC3)cc21. The summed E-state index contributed by atoms with van der Waals surface area (Å²) in [6, 6.07) is 19.1. The number of aromatic nitrogens is 1. The Kier molecular flexibility index (Phi) is 5.49. The molecule has 4 nitrogen and oxygen atoms in total. The minimum Gasteiger partial charge on any atom is -0.345 e. The van der Waals surface area contributed by atoms with Crippen molar-refractivity contribution in [3.63, 3.8) is 0 Å². The van der Waals surface area contributed by atoms with Crippen molar-refractivity contribution >= 4 is 16.8 Å². The molecule has 0 saturated carbocycles. The predicted octanol–water partition coefficient (Wildman–Crippen LogP) is 4.82. The molecular weight excluding hydrogens is 346 g/mol. The van der Waals surface area contributed by atoms with Crippen LogP contribution in [0.25, 0.3) is 10.9 Å². The zero-order valence-corrected chi connectivity index (χ0v) is 16.8. The number of carbonyl (C=O) groups is 1. The molecule has 1 aliphatic heterocycles. The number of hydrogen-bond acceptors (Lipinski definition) is 2. The van der Waals surface area contributed by atoms with Gasteiger partial charge in [0.15, 0.2) is 0 Å². The van der Waals surface area contributed by atoms with E-state index in [0.29, 0.717) is 12.0 Å². The normalized spacial score (nSPS) is 16.0. The lowest BCUT2D eigenvalue weighted by Crippen LogP contribution is -2.46. The maximum atomic E-state index is 12.8. The topological polar surface area (TPSA) is 37.3 Å². The second-order valence-electron chi connectivity index (χ2n) is 8.15. The summed E-state index contributed by atoms with van der Waals surface area (Å²) in [6.45, 7) is 6.14. The summed E-state index contributed by atoms with van der Waals surface area (Å²) >= 11 is 0. The number of hydrazine groups is 1. The molecule has 1 N–H and O–H groups in total. The zero-order valence-electron chi connectivity index (χ0n) is 16.8. The van der Waals surface area contributed by atoms with Crippen molar-refractivity contribution in [3.8, 4) is 0 Å². The Morgan fingerprint density at radius 2 is 1.82 bits per heavy atom. The maximum Gasteiger partial charge on any atom is 0.265 e. The fourth-order valence-electron chi connectivity index (χ4n) is 4.15. The van der Waals surface area contributed by atoms with Crippen molar-refractivity contribution in [2.24, 2.45) is 5.92 Å². The Bertz CT molecular complexity index is 937. The van der Waals surface area contributed by atoms with Gasteiger partial charge in [0.25, 0.3) is 5.91 Å². The highest BCUT2D eigenvalue weighted by Gasteiger charge is 2.21. The van der Waals surface area contributed by atoms with E-state index in [4.69, 9.17) is 0 Å². The van der Waals surface area contributed by atoms with E-state index in [1.807, 2.05) is 18.2 Å². The molecule has 0 aliphatic carbocycles. The van der Waals surface area contributed by atoms with Crippen LogP contribution in [-0.4, -0.2) is 28.6 Å². The van der Waals surface area contributed by atoms with Gasteiger partial charge in [-0.1, -0.05) is 36.4 Å². The van der Waals surface area contributed by atoms with Crippen molar-refractivity contribution in [3.05, 3.63) is 71.9 Å². The molecule has 4 rings (SSSR count). The number of nitrogens with one attached hydrogen (secondary N) is 1. The van der Waals surface area contributed by atoms with E-state index < -0.39 is 0 Å². The fourth-order valence-corrected chi connectivity index (χ4v) is 4.15. The van der Waals surface area contributed by atoms with E-state index in [0.717, 1.165) is 43.4 Å². The Morgan fingerprint density at radius 1 is 1.07 bits per heavy atom. The largest absolute Gasteiger partial charge is 0.345 e. The third-order valence-electron chi connectivity index (χ3n) is 5.78. The van der Waals surface area contributed by atoms with Crippen LogP contribution in [0.3, 0.4) is 0 Å². The van der Waals surface area contributed by atoms with Gasteiger partial charge in [-0.3, -0.25) is 10.2 Å². The Balaban J connectivity index is 1.35. The minimum absolute atomic E-state index is 0.0140. The number of piperidine rings is 1. The van der Waals surface area contributed by atoms with Gasteiger partial charge in [-0.25, -0.2) is 5.01 Å². The average Bonchev–Trinajstić information content (AvgIpc) is 3.14. The van der Waals surface area contributed by atoms with Crippen LogP contribution < -0.4 is 5.43 Å². The molecule has 0 radical (unpaired) electrons. The van der Waals surface area contributed by atoms with Crippen LogP contribution in [0.5, 0.6) is 0 Å². The molecule has 3 aromatic rings. The van der Waals surface area contributed by atoms with Gasteiger partial charge in [-0.2, -0.15) is 0 Å². The van der Waals surface area contributed by atoms with Gasteiger partial charge in [-0.15, -0.1) is 0 Å². The summed E-state index contributed by atoms with van der Waals surface area (Å²) < 4.78 is 2.21. The lowest BCUT2D eigenvalue weighted by atomic mass is 9.91. The molecule has 146 valence electrons. The first-order valence-corrected chi connectivity index (χ1v) is 10.3. The first-order chi connectivity index (χ1) is 13.6. The van der Waals surface area contributed by atoms with Crippen LogP contribution in [0, 0.1) is 5.92 Å². The molecule has 0 atom stereocenters. The molecule has 2 heterocycles. The summed E-state index contributed by atoms with van der Waals surface area (Å²) in [4.78, 5) is 12.8. The summed E-state index contributed by atoms with van der Waals surface area (Å²) in [5.41, 5.74) is 6.36. The van der Waals surface area contributed by atoms with Crippen LogP contribution in [0.1, 0.15) is 48.7 Å². The van der Waals surface area contributed by atoms with Crippen molar-refractivity contribution < 1.29 is 4.79 Å². The number of carbonyl (C=O) groups excluding carboxylic acids is 1. The quantitative estimate of drug-likeness (QED) is 0.694. The lowest BCUT2D eigenvalue weighted by Gasteiger charge is -2.32. The molecule has 1 fully saturated rings. The molecule has 0 spiro atoms. The molecule has 28 heavy (non-hydrogen) atoms. The molecule has 1 amide bonds. The van der Waals surface area contributed by atoms with Gasteiger partial charge in [0.1, 0.15) is 0 Å². The van der Waals surface area contributed by atoms with Crippen molar-refractivity contribution in [1.29, 1.82) is 0 Å². The van der Waals surface area contributed by atoms with E-state index in [1.54, 1.807) is 0 Å². The van der Waals surface area contributed by atoms with Crippen LogP contribution in [-0.2, 0) is 6.42 Å². The van der Waals surface area contributed by atoms with E-state index in [1.165, 1.54) is 10.9 Å². The fraction of sp³-hybridized carbons (Fsp3) is 0.375. The maximum absolute atomic E-state index is 12.8. The van der Waals surface area contributed by atoms with E-state index >= 15 is 0 Å². The Morgan fingerprint density at radius 3 is 2.54 bits per heavy atom. The number of benzene rings is 2. The summed E-state index contributed by atoms with van der Waals surface area (Å²) in [5.74, 6) is 0.682. The number of amides is 1. The monoisotopic (exact) mass is 375 g/mol. The summed E-state index contributed by atoms with van der Waals surface area (Å²) in [6.07, 6.45) is 5.45. The summed E-state index contributed by atoms with van der Waals surface area (Å²) in [7, 11) is 0. The van der Waals surface area contributed by atoms with Gasteiger partial charge in [0.05, 0.1) is 0 Å². The number of rotatable bonds is 5. The molecular formula is C24H29N3O. The first kappa shape index (κ1) is 18.8.